The fourth-order valence-corrected chi connectivity index (χ4v) is 4.86. The highest BCUT2D eigenvalue weighted by molar-refractivity contribution is 7.12. The first-order valence-electron chi connectivity index (χ1n) is 9.55. The first-order valence-corrected chi connectivity index (χ1v) is 11.4. The van der Waals surface area contributed by atoms with Crippen LogP contribution in [0.5, 0.6) is 0 Å². The summed E-state index contributed by atoms with van der Waals surface area (Å²) in [4.78, 5) is 40.9. The van der Waals surface area contributed by atoms with Crippen LogP contribution in [0.3, 0.4) is 0 Å². The zero-order valence-electron chi connectivity index (χ0n) is 16.5. The number of benzene rings is 1. The molecule has 0 aliphatic carbocycles. The molecule has 0 spiro atoms. The number of nitrogens with zero attached hydrogens (tertiary/aromatic N) is 1. The van der Waals surface area contributed by atoms with Gasteiger partial charge < -0.3 is 9.32 Å². The summed E-state index contributed by atoms with van der Waals surface area (Å²) >= 11 is 2.57. The Morgan fingerprint density at radius 3 is 2.47 bits per heavy atom. The molecule has 4 rings (SSSR count). The van der Waals surface area contributed by atoms with Crippen LogP contribution in [-0.2, 0) is 0 Å². The van der Waals surface area contributed by atoms with Gasteiger partial charge in [-0.1, -0.05) is 0 Å². The molecular weight excluding hydrogens is 418 g/mol. The largest absolute Gasteiger partial charge is 0.422 e. The Bertz CT molecular complexity index is 1280. The van der Waals surface area contributed by atoms with Gasteiger partial charge in [0.2, 0.25) is 5.78 Å². The monoisotopic (exact) mass is 437 g/mol. The maximum atomic E-state index is 13.1. The quantitative estimate of drug-likeness (QED) is 0.293. The van der Waals surface area contributed by atoms with Crippen molar-refractivity contribution in [2.75, 3.05) is 18.0 Å². The molecule has 0 saturated heterocycles. The molecule has 4 aromatic rings. The van der Waals surface area contributed by atoms with Gasteiger partial charge in [0.05, 0.1) is 4.88 Å². The van der Waals surface area contributed by atoms with Crippen molar-refractivity contribution < 1.29 is 14.0 Å². The normalized spacial score (nSPS) is 11.0. The summed E-state index contributed by atoms with van der Waals surface area (Å²) in [5, 5.41) is 5.90. The van der Waals surface area contributed by atoms with Gasteiger partial charge in [0.1, 0.15) is 11.1 Å². The van der Waals surface area contributed by atoms with Gasteiger partial charge in [-0.25, -0.2) is 4.79 Å². The molecule has 0 unspecified atom stereocenters. The molecule has 0 aliphatic rings. The minimum atomic E-state index is -0.702. The number of hydrogen-bond donors (Lipinski definition) is 0. The summed E-state index contributed by atoms with van der Waals surface area (Å²) in [6.45, 7) is 5.79. The van der Waals surface area contributed by atoms with E-state index in [0.29, 0.717) is 22.1 Å². The molecule has 7 heteroatoms. The topological polar surface area (TPSA) is 67.6 Å². The van der Waals surface area contributed by atoms with Crippen molar-refractivity contribution in [2.45, 2.75) is 13.8 Å². The molecule has 152 valence electrons. The molecule has 0 fully saturated rings. The second kappa shape index (κ2) is 8.38. The van der Waals surface area contributed by atoms with E-state index < -0.39 is 11.4 Å². The predicted molar refractivity (Wildman–Crippen MR) is 122 cm³/mol. The molecule has 0 radical (unpaired) electrons. The molecule has 0 N–H and O–H groups in total. The number of anilines is 1. The summed E-state index contributed by atoms with van der Waals surface area (Å²) < 4.78 is 5.48. The van der Waals surface area contributed by atoms with E-state index in [0.717, 1.165) is 30.1 Å². The van der Waals surface area contributed by atoms with E-state index in [1.54, 1.807) is 29.0 Å². The first-order chi connectivity index (χ1) is 14.5. The van der Waals surface area contributed by atoms with Crippen molar-refractivity contribution >= 4 is 50.9 Å². The maximum Gasteiger partial charge on any atom is 0.347 e. The lowest BCUT2D eigenvalue weighted by Gasteiger charge is -2.20. The minimum Gasteiger partial charge on any atom is -0.422 e. The zero-order chi connectivity index (χ0) is 21.3. The summed E-state index contributed by atoms with van der Waals surface area (Å²) in [6, 6.07) is 10.5. The van der Waals surface area contributed by atoms with Crippen LogP contribution in [0.15, 0.2) is 61.8 Å². The van der Waals surface area contributed by atoms with E-state index in [2.05, 4.69) is 18.7 Å². The van der Waals surface area contributed by atoms with Crippen LogP contribution in [-0.4, -0.2) is 24.7 Å². The molecule has 0 atom stereocenters. The summed E-state index contributed by atoms with van der Waals surface area (Å²) in [5.74, 6) is -0.720. The number of rotatable bonds is 7. The Morgan fingerprint density at radius 2 is 1.77 bits per heavy atom. The van der Waals surface area contributed by atoms with E-state index in [9.17, 15) is 14.4 Å². The van der Waals surface area contributed by atoms with Crippen LogP contribution >= 0.6 is 22.7 Å². The molecule has 3 heterocycles. The molecule has 0 amide bonds. The number of thiophene rings is 2. The first kappa shape index (κ1) is 20.3. The molecule has 5 nitrogen and oxygen atoms in total. The third-order valence-corrected chi connectivity index (χ3v) is 6.59. The van der Waals surface area contributed by atoms with E-state index in [1.807, 2.05) is 23.6 Å². The molecule has 0 saturated carbocycles. The molecular formula is C23H19NO4S2. The van der Waals surface area contributed by atoms with Gasteiger partial charge >= 0.3 is 5.63 Å². The summed E-state index contributed by atoms with van der Waals surface area (Å²) in [7, 11) is 0. The second-order valence-electron chi connectivity index (χ2n) is 6.68. The van der Waals surface area contributed by atoms with E-state index in [1.165, 1.54) is 11.3 Å². The second-order valence-corrected chi connectivity index (χ2v) is 8.37. The average Bonchev–Trinajstić information content (AvgIpc) is 3.45. The van der Waals surface area contributed by atoms with Crippen LogP contribution in [0, 0.1) is 0 Å². The minimum absolute atomic E-state index is 0.0695. The van der Waals surface area contributed by atoms with Gasteiger partial charge in [-0.05, 0) is 54.9 Å². The Balaban J connectivity index is 1.74. The van der Waals surface area contributed by atoms with E-state index in [4.69, 9.17) is 4.42 Å². The predicted octanol–water partition coefficient (Wildman–Crippen LogP) is 5.22. The third kappa shape index (κ3) is 3.62. The van der Waals surface area contributed by atoms with Gasteiger partial charge in [-0.15, -0.1) is 11.3 Å². The number of ketones is 2. The summed E-state index contributed by atoms with van der Waals surface area (Å²) in [6.07, 6.45) is 0. The number of carbonyl (C=O) groups is 2. The van der Waals surface area contributed by atoms with Gasteiger partial charge in [0, 0.05) is 46.7 Å². The fourth-order valence-electron chi connectivity index (χ4n) is 3.38. The SMILES string of the molecule is CCN(CC)c1ccc2cc(C(=O)c3sccc3C(=O)c3ccsc3)c(=O)oc2c1. The number of hydrogen-bond acceptors (Lipinski definition) is 7. The number of fused-ring (bicyclic) bond motifs is 1. The smallest absolute Gasteiger partial charge is 0.347 e. The Labute approximate surface area is 181 Å². The molecule has 30 heavy (non-hydrogen) atoms. The highest BCUT2D eigenvalue weighted by Crippen LogP contribution is 2.26. The Hall–Kier alpha value is -3.03. The van der Waals surface area contributed by atoms with Crippen molar-refractivity contribution in [1.82, 2.24) is 0 Å². The Morgan fingerprint density at radius 1 is 0.967 bits per heavy atom. The standard InChI is InChI=1S/C23H19NO4S2/c1-3-24(4-2)16-6-5-14-11-18(23(27)28-19(14)12-16)21(26)22-17(8-10-30-22)20(25)15-7-9-29-13-15/h5-13H,3-4H2,1-2H3. The van der Waals surface area contributed by atoms with Crippen molar-refractivity contribution in [1.29, 1.82) is 0 Å². The lowest BCUT2D eigenvalue weighted by molar-refractivity contribution is 0.100. The van der Waals surface area contributed by atoms with Crippen LogP contribution in [0.1, 0.15) is 45.0 Å². The highest BCUT2D eigenvalue weighted by atomic mass is 32.1. The molecule has 0 bridgehead atoms. The fraction of sp³-hybridized carbons (Fsp3) is 0.174. The Kier molecular flexibility index (Phi) is 5.65. The van der Waals surface area contributed by atoms with Gasteiger partial charge in [0.25, 0.3) is 0 Å². The van der Waals surface area contributed by atoms with Crippen molar-refractivity contribution in [2.24, 2.45) is 0 Å². The van der Waals surface area contributed by atoms with Crippen LogP contribution in [0.25, 0.3) is 11.0 Å². The van der Waals surface area contributed by atoms with E-state index in [-0.39, 0.29) is 16.2 Å². The van der Waals surface area contributed by atoms with Crippen LogP contribution < -0.4 is 10.5 Å². The van der Waals surface area contributed by atoms with Crippen molar-refractivity contribution in [3.05, 3.63) is 84.5 Å². The van der Waals surface area contributed by atoms with E-state index >= 15 is 0 Å². The molecule has 1 aromatic carbocycles. The van der Waals surface area contributed by atoms with Crippen molar-refractivity contribution in [3.63, 3.8) is 0 Å². The molecule has 0 aliphatic heterocycles. The summed E-state index contributed by atoms with van der Waals surface area (Å²) in [5.41, 5.74) is 1.45. The van der Waals surface area contributed by atoms with Crippen LogP contribution in [0.2, 0.25) is 0 Å². The van der Waals surface area contributed by atoms with Gasteiger partial charge in [-0.2, -0.15) is 11.3 Å². The third-order valence-electron chi connectivity index (χ3n) is 4.99. The lowest BCUT2D eigenvalue weighted by atomic mass is 10.0. The lowest BCUT2D eigenvalue weighted by Crippen LogP contribution is -2.21. The maximum absolute atomic E-state index is 13.1. The van der Waals surface area contributed by atoms with Crippen LogP contribution in [0.4, 0.5) is 5.69 Å². The van der Waals surface area contributed by atoms with Gasteiger partial charge in [-0.3, -0.25) is 9.59 Å². The molecule has 3 aromatic heterocycles. The van der Waals surface area contributed by atoms with Gasteiger partial charge in [0.15, 0.2) is 5.78 Å². The zero-order valence-corrected chi connectivity index (χ0v) is 18.1. The number of carbonyl (C=O) groups excluding carboxylic acids is 2. The highest BCUT2D eigenvalue weighted by Gasteiger charge is 2.24. The van der Waals surface area contributed by atoms with Crippen molar-refractivity contribution in [3.8, 4) is 0 Å². The average molecular weight is 438 g/mol.